The molecule has 0 fully saturated rings. The molecule has 4 rings (SSSR count). The number of imide groups is 1. The van der Waals surface area contributed by atoms with Gasteiger partial charge in [-0.3, -0.25) is 14.4 Å². The van der Waals surface area contributed by atoms with Crippen LogP contribution in [0.3, 0.4) is 0 Å². The van der Waals surface area contributed by atoms with Crippen LogP contribution in [0.25, 0.3) is 0 Å². The fourth-order valence-corrected chi connectivity index (χ4v) is 4.20. The van der Waals surface area contributed by atoms with Gasteiger partial charge in [-0.15, -0.1) is 0 Å². The lowest BCUT2D eigenvalue weighted by atomic mass is 10.1. The number of carbonyl (C=O) groups excluding carboxylic acids is 3. The van der Waals surface area contributed by atoms with Crippen LogP contribution in [0, 0.1) is 0 Å². The average molecular weight is 502 g/mol. The largest absolute Gasteiger partial charge is 0.352 e. The number of nitrogens with zero attached hydrogens (tertiary/aromatic N) is 1. The van der Waals surface area contributed by atoms with E-state index in [4.69, 9.17) is 11.6 Å². The highest BCUT2D eigenvalue weighted by Gasteiger charge is 2.39. The highest BCUT2D eigenvalue weighted by Crippen LogP contribution is 2.30. The van der Waals surface area contributed by atoms with Crippen LogP contribution in [0.4, 0.5) is 11.4 Å². The molecular weight excluding hydrogens is 474 g/mol. The van der Waals surface area contributed by atoms with E-state index in [0.717, 1.165) is 41.7 Å². The molecule has 0 aromatic heterocycles. The lowest BCUT2D eigenvalue weighted by Gasteiger charge is -2.16. The number of hydrogen-bond acceptors (Lipinski definition) is 4. The van der Waals surface area contributed by atoms with Crippen molar-refractivity contribution in [2.24, 2.45) is 0 Å². The third kappa shape index (κ3) is 5.83. The SMILES string of the molecule is CCCCc1ccc(N2C(=O)C(Cl)=C(Nc3cccc(C(=O)NCCc4ccccc4)c3)C2=O)cc1. The van der Waals surface area contributed by atoms with E-state index in [1.54, 1.807) is 36.4 Å². The fraction of sp³-hybridized carbons (Fsp3) is 0.207. The minimum absolute atomic E-state index is 0.0154. The minimum Gasteiger partial charge on any atom is -0.352 e. The molecule has 2 N–H and O–H groups in total. The quantitative estimate of drug-likeness (QED) is 0.363. The van der Waals surface area contributed by atoms with Gasteiger partial charge in [0.25, 0.3) is 17.7 Å². The second-order valence-corrected chi connectivity index (χ2v) is 8.98. The molecule has 1 heterocycles. The number of rotatable bonds is 10. The van der Waals surface area contributed by atoms with Gasteiger partial charge in [0.15, 0.2) is 0 Å². The summed E-state index contributed by atoms with van der Waals surface area (Å²) in [5.74, 6) is -1.35. The molecule has 0 bridgehead atoms. The zero-order chi connectivity index (χ0) is 25.5. The van der Waals surface area contributed by atoms with E-state index in [1.165, 1.54) is 0 Å². The zero-order valence-corrected chi connectivity index (χ0v) is 20.8. The smallest absolute Gasteiger partial charge is 0.283 e. The maximum absolute atomic E-state index is 13.1. The molecule has 3 aromatic rings. The minimum atomic E-state index is -0.583. The first-order valence-corrected chi connectivity index (χ1v) is 12.4. The van der Waals surface area contributed by atoms with Gasteiger partial charge in [0.1, 0.15) is 10.7 Å². The Morgan fingerprint density at radius 2 is 1.58 bits per heavy atom. The first kappa shape index (κ1) is 25.2. The van der Waals surface area contributed by atoms with Crippen molar-refractivity contribution < 1.29 is 14.4 Å². The molecule has 6 nitrogen and oxygen atoms in total. The maximum atomic E-state index is 13.1. The molecule has 3 amide bonds. The predicted octanol–water partition coefficient (Wildman–Crippen LogP) is 5.44. The molecule has 36 heavy (non-hydrogen) atoms. The number of aryl methyl sites for hydroxylation is 1. The maximum Gasteiger partial charge on any atom is 0.283 e. The number of hydrogen-bond donors (Lipinski definition) is 2. The van der Waals surface area contributed by atoms with Gasteiger partial charge in [-0.25, -0.2) is 4.90 Å². The first-order chi connectivity index (χ1) is 17.5. The summed E-state index contributed by atoms with van der Waals surface area (Å²) < 4.78 is 0. The predicted molar refractivity (Wildman–Crippen MR) is 143 cm³/mol. The highest BCUT2D eigenvalue weighted by molar-refractivity contribution is 6.53. The summed E-state index contributed by atoms with van der Waals surface area (Å²) in [5.41, 5.74) is 3.65. The standard InChI is InChI=1S/C29H28ClN3O3/c1-2-3-8-21-13-15-24(16-14-21)33-28(35)25(30)26(29(33)36)32-23-12-7-11-22(19-23)27(34)31-18-17-20-9-5-4-6-10-20/h4-7,9-16,19,32H,2-3,8,17-18H2,1H3,(H,31,34). The van der Waals surface area contributed by atoms with E-state index in [9.17, 15) is 14.4 Å². The summed E-state index contributed by atoms with van der Waals surface area (Å²) in [6, 6.07) is 24.0. The van der Waals surface area contributed by atoms with Gasteiger partial charge < -0.3 is 10.6 Å². The molecule has 0 unspecified atom stereocenters. The second kappa shape index (κ2) is 11.7. The Bertz CT molecular complexity index is 1290. The molecule has 0 saturated heterocycles. The third-order valence-electron chi connectivity index (χ3n) is 5.98. The van der Waals surface area contributed by atoms with Crippen LogP contribution in [0.5, 0.6) is 0 Å². The van der Waals surface area contributed by atoms with Gasteiger partial charge in [0.2, 0.25) is 0 Å². The number of nitrogens with one attached hydrogen (secondary N) is 2. The van der Waals surface area contributed by atoms with Crippen LogP contribution >= 0.6 is 11.6 Å². The van der Waals surface area contributed by atoms with E-state index in [-0.39, 0.29) is 16.6 Å². The number of benzene rings is 3. The summed E-state index contributed by atoms with van der Waals surface area (Å²) in [4.78, 5) is 39.6. The Morgan fingerprint density at radius 3 is 2.31 bits per heavy atom. The van der Waals surface area contributed by atoms with Crippen molar-refractivity contribution in [2.75, 3.05) is 16.8 Å². The molecule has 0 atom stereocenters. The van der Waals surface area contributed by atoms with Gasteiger partial charge in [0, 0.05) is 17.8 Å². The van der Waals surface area contributed by atoms with Crippen LogP contribution in [0.1, 0.15) is 41.3 Å². The summed E-state index contributed by atoms with van der Waals surface area (Å²) in [5, 5.41) is 5.66. The number of unbranched alkanes of at least 4 members (excludes halogenated alkanes) is 1. The van der Waals surface area contributed by atoms with Crippen molar-refractivity contribution in [3.63, 3.8) is 0 Å². The van der Waals surface area contributed by atoms with Crippen molar-refractivity contribution in [2.45, 2.75) is 32.6 Å². The second-order valence-electron chi connectivity index (χ2n) is 8.60. The summed E-state index contributed by atoms with van der Waals surface area (Å²) >= 11 is 6.27. The molecule has 1 aliphatic heterocycles. The molecule has 1 aliphatic rings. The van der Waals surface area contributed by atoms with Gasteiger partial charge in [-0.2, -0.15) is 0 Å². The molecule has 0 spiro atoms. The Hall–Kier alpha value is -3.90. The van der Waals surface area contributed by atoms with Crippen molar-refractivity contribution in [3.05, 3.63) is 106 Å². The van der Waals surface area contributed by atoms with Gasteiger partial charge in [-0.1, -0.05) is 73.5 Å². The normalized spacial score (nSPS) is 13.3. The average Bonchev–Trinajstić information content (AvgIpc) is 3.11. The van der Waals surface area contributed by atoms with Crippen molar-refractivity contribution in [1.29, 1.82) is 0 Å². The van der Waals surface area contributed by atoms with Crippen molar-refractivity contribution in [1.82, 2.24) is 5.32 Å². The Morgan fingerprint density at radius 1 is 0.861 bits per heavy atom. The summed E-state index contributed by atoms with van der Waals surface area (Å²) in [6.07, 6.45) is 3.84. The van der Waals surface area contributed by atoms with Crippen LogP contribution in [-0.2, 0) is 22.4 Å². The molecular formula is C29H28ClN3O3. The monoisotopic (exact) mass is 501 g/mol. The zero-order valence-electron chi connectivity index (χ0n) is 20.1. The first-order valence-electron chi connectivity index (χ1n) is 12.0. The number of carbonyl (C=O) groups is 3. The molecule has 184 valence electrons. The van der Waals surface area contributed by atoms with Crippen molar-refractivity contribution in [3.8, 4) is 0 Å². The van der Waals surface area contributed by atoms with Crippen LogP contribution < -0.4 is 15.5 Å². The number of amides is 3. The van der Waals surface area contributed by atoms with E-state index in [2.05, 4.69) is 17.6 Å². The number of anilines is 2. The highest BCUT2D eigenvalue weighted by atomic mass is 35.5. The van der Waals surface area contributed by atoms with E-state index in [0.29, 0.717) is 23.5 Å². The Labute approximate surface area is 216 Å². The van der Waals surface area contributed by atoms with Gasteiger partial charge >= 0.3 is 0 Å². The van der Waals surface area contributed by atoms with E-state index in [1.807, 2.05) is 42.5 Å². The molecule has 3 aromatic carbocycles. The topological polar surface area (TPSA) is 78.5 Å². The van der Waals surface area contributed by atoms with Crippen molar-refractivity contribution >= 4 is 40.7 Å². The van der Waals surface area contributed by atoms with E-state index < -0.39 is 11.8 Å². The van der Waals surface area contributed by atoms with Gasteiger partial charge in [-0.05, 0) is 60.7 Å². The molecule has 7 heteroatoms. The van der Waals surface area contributed by atoms with Crippen LogP contribution in [-0.4, -0.2) is 24.3 Å². The third-order valence-corrected chi connectivity index (χ3v) is 6.33. The Kier molecular flexibility index (Phi) is 8.18. The van der Waals surface area contributed by atoms with Crippen LogP contribution in [0.2, 0.25) is 0 Å². The van der Waals surface area contributed by atoms with Crippen LogP contribution in [0.15, 0.2) is 89.6 Å². The lowest BCUT2D eigenvalue weighted by molar-refractivity contribution is -0.120. The lowest BCUT2D eigenvalue weighted by Crippen LogP contribution is -2.32. The summed E-state index contributed by atoms with van der Waals surface area (Å²) in [7, 11) is 0. The fourth-order valence-electron chi connectivity index (χ4n) is 3.99. The summed E-state index contributed by atoms with van der Waals surface area (Å²) in [6.45, 7) is 2.63. The van der Waals surface area contributed by atoms with E-state index >= 15 is 0 Å². The van der Waals surface area contributed by atoms with Gasteiger partial charge in [0.05, 0.1) is 5.69 Å². The molecule has 0 saturated carbocycles. The molecule has 0 radical (unpaired) electrons. The number of halogens is 1. The Balaban J connectivity index is 1.41. The molecule has 0 aliphatic carbocycles.